The molecule has 2 aromatic carbocycles. The molecule has 0 aliphatic rings. The molecule has 0 aromatic heterocycles. The van der Waals surface area contributed by atoms with Crippen molar-refractivity contribution in [3.8, 4) is 0 Å². The van der Waals surface area contributed by atoms with E-state index in [2.05, 4.69) is 21.2 Å². The van der Waals surface area contributed by atoms with E-state index < -0.39 is 0 Å². The van der Waals surface area contributed by atoms with E-state index in [1.54, 1.807) is 50.2 Å². The van der Waals surface area contributed by atoms with Crippen LogP contribution in [0.5, 0.6) is 0 Å². The number of carbonyl (C=O) groups excluding carboxylic acids is 2. The lowest BCUT2D eigenvalue weighted by molar-refractivity contribution is 0.0526. The summed E-state index contributed by atoms with van der Waals surface area (Å²) in [5.74, 6) is -0.702. The van der Waals surface area contributed by atoms with Gasteiger partial charge >= 0.3 is 5.97 Å². The normalized spacial score (nSPS) is 10.3. The zero-order valence-electron chi connectivity index (χ0n) is 12.7. The summed E-state index contributed by atoms with van der Waals surface area (Å²) < 4.78 is 5.72. The van der Waals surface area contributed by atoms with Crippen LogP contribution < -0.4 is 5.32 Å². The minimum absolute atomic E-state index is 0.316. The molecule has 0 aliphatic heterocycles. The summed E-state index contributed by atoms with van der Waals surface area (Å²) in [7, 11) is 0. The molecule has 0 atom stereocenters. The first-order valence-electron chi connectivity index (χ1n) is 6.96. The van der Waals surface area contributed by atoms with Gasteiger partial charge < -0.3 is 10.1 Å². The van der Waals surface area contributed by atoms with E-state index in [1.807, 2.05) is 0 Å². The highest BCUT2D eigenvalue weighted by atomic mass is 79.9. The van der Waals surface area contributed by atoms with Crippen molar-refractivity contribution in [3.05, 3.63) is 62.6 Å². The van der Waals surface area contributed by atoms with E-state index in [1.165, 1.54) is 0 Å². The Labute approximate surface area is 147 Å². The number of benzene rings is 2. The van der Waals surface area contributed by atoms with Gasteiger partial charge in [0.1, 0.15) is 0 Å². The van der Waals surface area contributed by atoms with Gasteiger partial charge in [-0.1, -0.05) is 27.5 Å². The number of aryl methyl sites for hydroxylation is 1. The number of nitrogens with one attached hydrogen (secondary N) is 1. The molecule has 0 saturated heterocycles. The highest BCUT2D eigenvalue weighted by Gasteiger charge is 2.14. The zero-order chi connectivity index (χ0) is 17.0. The van der Waals surface area contributed by atoms with Crippen LogP contribution in [-0.2, 0) is 4.74 Å². The maximum absolute atomic E-state index is 12.4. The first-order chi connectivity index (χ1) is 10.9. The molecule has 0 bridgehead atoms. The summed E-state index contributed by atoms with van der Waals surface area (Å²) in [6.45, 7) is 3.87. The topological polar surface area (TPSA) is 55.4 Å². The second-order valence-corrected chi connectivity index (χ2v) is 6.15. The molecule has 0 radical (unpaired) electrons. The van der Waals surface area contributed by atoms with E-state index in [4.69, 9.17) is 16.3 Å². The monoisotopic (exact) mass is 395 g/mol. The van der Waals surface area contributed by atoms with Crippen molar-refractivity contribution in [2.24, 2.45) is 0 Å². The Hall–Kier alpha value is -1.85. The Bertz CT molecular complexity index is 761. The van der Waals surface area contributed by atoms with Gasteiger partial charge in [-0.15, -0.1) is 0 Å². The van der Waals surface area contributed by atoms with Gasteiger partial charge in [0.15, 0.2) is 0 Å². The first kappa shape index (κ1) is 17.5. The Balaban J connectivity index is 2.21. The predicted molar refractivity (Wildman–Crippen MR) is 94.2 cm³/mol. The van der Waals surface area contributed by atoms with E-state index in [0.717, 1.165) is 10.0 Å². The number of hydrogen-bond donors (Lipinski definition) is 1. The van der Waals surface area contributed by atoms with Gasteiger partial charge in [-0.2, -0.15) is 0 Å². The molecule has 0 aliphatic carbocycles. The van der Waals surface area contributed by atoms with Crippen molar-refractivity contribution in [2.75, 3.05) is 11.9 Å². The number of ether oxygens (including phenoxy) is 1. The van der Waals surface area contributed by atoms with Gasteiger partial charge in [-0.3, -0.25) is 4.79 Å². The van der Waals surface area contributed by atoms with E-state index in [9.17, 15) is 9.59 Å². The summed E-state index contributed by atoms with van der Waals surface area (Å²) in [5.41, 5.74) is 2.19. The van der Waals surface area contributed by atoms with Crippen LogP contribution in [0.4, 0.5) is 5.69 Å². The molecule has 0 heterocycles. The van der Waals surface area contributed by atoms with Gasteiger partial charge in [0.25, 0.3) is 5.91 Å². The van der Waals surface area contributed by atoms with E-state index >= 15 is 0 Å². The average molecular weight is 397 g/mol. The summed E-state index contributed by atoms with van der Waals surface area (Å²) in [6.07, 6.45) is 0. The number of esters is 1. The van der Waals surface area contributed by atoms with Crippen molar-refractivity contribution in [1.29, 1.82) is 0 Å². The maximum atomic E-state index is 12.4. The fourth-order valence-electron chi connectivity index (χ4n) is 2.01. The molecule has 1 N–H and O–H groups in total. The van der Waals surface area contributed by atoms with Gasteiger partial charge in [-0.25, -0.2) is 4.79 Å². The van der Waals surface area contributed by atoms with Crippen LogP contribution in [0, 0.1) is 6.92 Å². The molecule has 23 heavy (non-hydrogen) atoms. The number of rotatable bonds is 4. The minimum atomic E-state index is -0.386. The molecule has 0 saturated carbocycles. The van der Waals surface area contributed by atoms with Gasteiger partial charge in [0, 0.05) is 10.2 Å². The SMILES string of the molecule is CCOC(=O)c1ccc(NC(=O)c2cc(Br)ccc2Cl)c(C)c1. The fourth-order valence-corrected chi connectivity index (χ4v) is 2.57. The molecular weight excluding hydrogens is 382 g/mol. The van der Waals surface area contributed by atoms with Crippen molar-refractivity contribution >= 4 is 45.1 Å². The highest BCUT2D eigenvalue weighted by Crippen LogP contribution is 2.23. The quantitative estimate of drug-likeness (QED) is 0.752. The number of anilines is 1. The Morgan fingerprint density at radius 3 is 2.61 bits per heavy atom. The number of halogens is 2. The van der Waals surface area contributed by atoms with Crippen LogP contribution in [0.25, 0.3) is 0 Å². The van der Waals surface area contributed by atoms with Gasteiger partial charge in [0.05, 0.1) is 22.8 Å². The van der Waals surface area contributed by atoms with Crippen LogP contribution in [0.3, 0.4) is 0 Å². The molecule has 0 spiro atoms. The average Bonchev–Trinajstić information content (AvgIpc) is 2.51. The zero-order valence-corrected chi connectivity index (χ0v) is 15.0. The molecule has 2 aromatic rings. The van der Waals surface area contributed by atoms with Crippen LogP contribution in [0.1, 0.15) is 33.2 Å². The predicted octanol–water partition coefficient (Wildman–Crippen LogP) is 4.84. The third kappa shape index (κ3) is 4.33. The third-order valence-electron chi connectivity index (χ3n) is 3.16. The van der Waals surface area contributed by atoms with Crippen molar-refractivity contribution in [2.45, 2.75) is 13.8 Å². The summed E-state index contributed by atoms with van der Waals surface area (Å²) in [4.78, 5) is 24.1. The summed E-state index contributed by atoms with van der Waals surface area (Å²) >= 11 is 9.37. The Kier molecular flexibility index (Phi) is 5.80. The Morgan fingerprint density at radius 2 is 1.96 bits per heavy atom. The van der Waals surface area contributed by atoms with E-state index in [-0.39, 0.29) is 11.9 Å². The number of amides is 1. The van der Waals surface area contributed by atoms with E-state index in [0.29, 0.717) is 28.4 Å². The minimum Gasteiger partial charge on any atom is -0.462 e. The molecular formula is C17H15BrClNO3. The van der Waals surface area contributed by atoms with Crippen LogP contribution in [0.15, 0.2) is 40.9 Å². The maximum Gasteiger partial charge on any atom is 0.338 e. The first-order valence-corrected chi connectivity index (χ1v) is 8.13. The molecule has 6 heteroatoms. The lowest BCUT2D eigenvalue weighted by atomic mass is 10.1. The van der Waals surface area contributed by atoms with Crippen molar-refractivity contribution in [1.82, 2.24) is 0 Å². The highest BCUT2D eigenvalue weighted by molar-refractivity contribution is 9.10. The number of hydrogen-bond acceptors (Lipinski definition) is 3. The Morgan fingerprint density at radius 1 is 1.22 bits per heavy atom. The van der Waals surface area contributed by atoms with Crippen molar-refractivity contribution in [3.63, 3.8) is 0 Å². The standard InChI is InChI=1S/C17H15BrClNO3/c1-3-23-17(22)11-4-7-15(10(2)8-11)20-16(21)13-9-12(18)5-6-14(13)19/h4-9H,3H2,1-2H3,(H,20,21). The lowest BCUT2D eigenvalue weighted by Gasteiger charge is -2.11. The molecule has 0 unspecified atom stereocenters. The third-order valence-corrected chi connectivity index (χ3v) is 3.98. The van der Waals surface area contributed by atoms with Crippen LogP contribution in [0.2, 0.25) is 5.02 Å². The molecule has 4 nitrogen and oxygen atoms in total. The fraction of sp³-hybridized carbons (Fsp3) is 0.176. The molecule has 2 rings (SSSR count). The lowest BCUT2D eigenvalue weighted by Crippen LogP contribution is -2.14. The van der Waals surface area contributed by atoms with Crippen LogP contribution in [-0.4, -0.2) is 18.5 Å². The van der Waals surface area contributed by atoms with Crippen molar-refractivity contribution < 1.29 is 14.3 Å². The van der Waals surface area contributed by atoms with Gasteiger partial charge in [0.2, 0.25) is 0 Å². The smallest absolute Gasteiger partial charge is 0.338 e. The second kappa shape index (κ2) is 7.62. The number of carbonyl (C=O) groups is 2. The summed E-state index contributed by atoms with van der Waals surface area (Å²) in [6, 6.07) is 10.0. The largest absolute Gasteiger partial charge is 0.462 e. The van der Waals surface area contributed by atoms with Crippen LogP contribution >= 0.6 is 27.5 Å². The molecule has 120 valence electrons. The molecule has 0 fully saturated rings. The molecule has 1 amide bonds. The van der Waals surface area contributed by atoms with Gasteiger partial charge in [-0.05, 0) is 55.8 Å². The summed E-state index contributed by atoms with van der Waals surface area (Å²) in [5, 5.41) is 3.16. The second-order valence-electron chi connectivity index (χ2n) is 4.83.